The summed E-state index contributed by atoms with van der Waals surface area (Å²) in [6, 6.07) is 21.9. The highest BCUT2D eigenvalue weighted by Crippen LogP contribution is 2.33. The number of benzene rings is 4. The van der Waals surface area contributed by atoms with Crippen LogP contribution in [0.4, 0.5) is 11.4 Å². The van der Waals surface area contributed by atoms with Gasteiger partial charge in [0.1, 0.15) is 5.52 Å². The summed E-state index contributed by atoms with van der Waals surface area (Å²) in [5, 5.41) is 18.8. The average molecular weight is 503 g/mol. The number of rotatable bonds is 4. The standard InChI is InChI=1S/C25H15ClN4O4S/c26-20-6-2-3-17-18(20)4-1-5-19(17)24-28-21-13-15(9-12-22(21)34-24)27-25(35)29-23(31)14-7-10-16(11-8-14)30(32)33/h1-13H,(H2,27,29,31,35). The monoisotopic (exact) mass is 502 g/mol. The van der Waals surface area contributed by atoms with Gasteiger partial charge in [0.05, 0.1) is 4.92 Å². The summed E-state index contributed by atoms with van der Waals surface area (Å²) in [5.41, 5.74) is 2.76. The largest absolute Gasteiger partial charge is 0.436 e. The molecule has 0 aliphatic heterocycles. The Morgan fingerprint density at radius 2 is 1.74 bits per heavy atom. The molecule has 0 aliphatic carbocycles. The number of halogens is 1. The molecule has 172 valence electrons. The van der Waals surface area contributed by atoms with Crippen molar-refractivity contribution in [3.8, 4) is 11.5 Å². The van der Waals surface area contributed by atoms with Gasteiger partial charge in [-0.15, -0.1) is 0 Å². The number of fused-ring (bicyclic) bond motifs is 2. The minimum Gasteiger partial charge on any atom is -0.436 e. The van der Waals surface area contributed by atoms with Crippen LogP contribution >= 0.6 is 23.8 Å². The number of anilines is 1. The molecule has 0 saturated carbocycles. The number of aromatic nitrogens is 1. The number of nitrogens with one attached hydrogen (secondary N) is 2. The summed E-state index contributed by atoms with van der Waals surface area (Å²) < 4.78 is 5.98. The summed E-state index contributed by atoms with van der Waals surface area (Å²) in [5.74, 6) is -0.0316. The zero-order chi connectivity index (χ0) is 24.5. The second-order valence-corrected chi connectivity index (χ2v) is 8.37. The number of non-ortho nitro benzene ring substituents is 1. The summed E-state index contributed by atoms with van der Waals surface area (Å²) in [6.07, 6.45) is 0. The van der Waals surface area contributed by atoms with E-state index >= 15 is 0 Å². The van der Waals surface area contributed by atoms with Gasteiger partial charge in [0.15, 0.2) is 10.7 Å². The first-order valence-corrected chi connectivity index (χ1v) is 11.1. The van der Waals surface area contributed by atoms with Crippen molar-refractivity contribution in [1.29, 1.82) is 0 Å². The molecule has 2 N–H and O–H groups in total. The van der Waals surface area contributed by atoms with Crippen LogP contribution in [0.15, 0.2) is 83.3 Å². The van der Waals surface area contributed by atoms with Crippen LogP contribution in [-0.2, 0) is 0 Å². The summed E-state index contributed by atoms with van der Waals surface area (Å²) >= 11 is 11.6. The molecule has 5 rings (SSSR count). The zero-order valence-corrected chi connectivity index (χ0v) is 19.4. The van der Waals surface area contributed by atoms with E-state index in [2.05, 4.69) is 15.6 Å². The van der Waals surface area contributed by atoms with Crippen LogP contribution in [0.5, 0.6) is 0 Å². The number of thiocarbonyl (C=S) groups is 1. The normalized spacial score (nSPS) is 10.9. The molecule has 0 radical (unpaired) electrons. The predicted molar refractivity (Wildman–Crippen MR) is 139 cm³/mol. The Kier molecular flexibility index (Phi) is 5.86. The topological polar surface area (TPSA) is 110 Å². The van der Waals surface area contributed by atoms with Crippen molar-refractivity contribution in [3.63, 3.8) is 0 Å². The Morgan fingerprint density at radius 3 is 2.51 bits per heavy atom. The Labute approximate surface area is 208 Å². The molecule has 1 aromatic heterocycles. The average Bonchev–Trinajstić information content (AvgIpc) is 3.27. The molecule has 1 amide bonds. The van der Waals surface area contributed by atoms with E-state index < -0.39 is 10.8 Å². The van der Waals surface area contributed by atoms with Crippen LogP contribution in [0.25, 0.3) is 33.3 Å². The minimum absolute atomic E-state index is 0.0696. The first-order valence-electron chi connectivity index (χ1n) is 10.3. The lowest BCUT2D eigenvalue weighted by Gasteiger charge is -2.09. The third-order valence-corrected chi connectivity index (χ3v) is 5.85. The quantitative estimate of drug-likeness (QED) is 0.168. The number of hydrogen-bond acceptors (Lipinski definition) is 6. The van der Waals surface area contributed by atoms with Crippen molar-refractivity contribution in [2.75, 3.05) is 5.32 Å². The van der Waals surface area contributed by atoms with Crippen molar-refractivity contribution in [1.82, 2.24) is 10.3 Å². The minimum atomic E-state index is -0.533. The van der Waals surface area contributed by atoms with E-state index in [1.54, 1.807) is 18.2 Å². The number of nitro groups is 1. The highest BCUT2D eigenvalue weighted by atomic mass is 35.5. The number of amides is 1. The van der Waals surface area contributed by atoms with E-state index in [1.807, 2.05) is 36.4 Å². The molecular weight excluding hydrogens is 488 g/mol. The molecule has 4 aromatic carbocycles. The van der Waals surface area contributed by atoms with Gasteiger partial charge in [-0.05, 0) is 60.1 Å². The van der Waals surface area contributed by atoms with Gasteiger partial charge in [-0.2, -0.15) is 0 Å². The SMILES string of the molecule is O=C(NC(=S)Nc1ccc2oc(-c3cccc4c(Cl)cccc34)nc2c1)c1ccc([N+](=O)[O-])cc1. The van der Waals surface area contributed by atoms with Gasteiger partial charge in [0.25, 0.3) is 11.6 Å². The molecule has 0 atom stereocenters. The smallest absolute Gasteiger partial charge is 0.269 e. The van der Waals surface area contributed by atoms with Crippen molar-refractivity contribution in [2.24, 2.45) is 0 Å². The van der Waals surface area contributed by atoms with Gasteiger partial charge >= 0.3 is 0 Å². The lowest BCUT2D eigenvalue weighted by atomic mass is 10.0. The summed E-state index contributed by atoms with van der Waals surface area (Å²) in [7, 11) is 0. The lowest BCUT2D eigenvalue weighted by molar-refractivity contribution is -0.384. The van der Waals surface area contributed by atoms with Gasteiger partial charge in [-0.1, -0.05) is 35.9 Å². The van der Waals surface area contributed by atoms with E-state index in [-0.39, 0.29) is 16.4 Å². The van der Waals surface area contributed by atoms with Crippen LogP contribution in [-0.4, -0.2) is 20.9 Å². The van der Waals surface area contributed by atoms with E-state index in [0.29, 0.717) is 27.7 Å². The van der Waals surface area contributed by atoms with Gasteiger partial charge in [-0.3, -0.25) is 20.2 Å². The van der Waals surface area contributed by atoms with Gasteiger partial charge in [0, 0.05) is 39.4 Å². The van der Waals surface area contributed by atoms with Crippen LogP contribution in [0.3, 0.4) is 0 Å². The Morgan fingerprint density at radius 1 is 1.00 bits per heavy atom. The molecule has 35 heavy (non-hydrogen) atoms. The highest BCUT2D eigenvalue weighted by molar-refractivity contribution is 7.80. The maximum absolute atomic E-state index is 12.4. The van der Waals surface area contributed by atoms with Gasteiger partial charge < -0.3 is 9.73 Å². The van der Waals surface area contributed by atoms with Gasteiger partial charge in [0.2, 0.25) is 5.89 Å². The van der Waals surface area contributed by atoms with Crippen molar-refractivity contribution in [3.05, 3.63) is 99.6 Å². The molecule has 0 unspecified atom stereocenters. The lowest BCUT2D eigenvalue weighted by Crippen LogP contribution is -2.34. The Hall–Kier alpha value is -4.34. The third-order valence-electron chi connectivity index (χ3n) is 5.31. The molecule has 10 heteroatoms. The van der Waals surface area contributed by atoms with Crippen LogP contribution in [0.2, 0.25) is 5.02 Å². The van der Waals surface area contributed by atoms with E-state index in [0.717, 1.165) is 16.3 Å². The number of carbonyl (C=O) groups is 1. The Balaban J connectivity index is 1.34. The molecule has 0 bridgehead atoms. The molecule has 0 aliphatic rings. The zero-order valence-electron chi connectivity index (χ0n) is 17.8. The van der Waals surface area contributed by atoms with Crippen LogP contribution in [0, 0.1) is 10.1 Å². The third kappa shape index (κ3) is 4.54. The molecule has 0 fully saturated rings. The van der Waals surface area contributed by atoms with Crippen molar-refractivity contribution >= 4 is 68.1 Å². The van der Waals surface area contributed by atoms with E-state index in [9.17, 15) is 14.9 Å². The maximum atomic E-state index is 12.4. The fourth-order valence-corrected chi connectivity index (χ4v) is 4.10. The fourth-order valence-electron chi connectivity index (χ4n) is 3.65. The molecule has 0 spiro atoms. The van der Waals surface area contributed by atoms with Crippen molar-refractivity contribution < 1.29 is 14.1 Å². The molecule has 0 saturated heterocycles. The first kappa shape index (κ1) is 22.5. The number of nitrogens with zero attached hydrogens (tertiary/aromatic N) is 2. The number of oxazole rings is 1. The maximum Gasteiger partial charge on any atom is 0.269 e. The van der Waals surface area contributed by atoms with Crippen molar-refractivity contribution in [2.45, 2.75) is 0 Å². The fraction of sp³-hybridized carbons (Fsp3) is 0. The van der Waals surface area contributed by atoms with Crippen LogP contribution < -0.4 is 10.6 Å². The van der Waals surface area contributed by atoms with Crippen LogP contribution in [0.1, 0.15) is 10.4 Å². The first-order chi connectivity index (χ1) is 16.9. The second kappa shape index (κ2) is 9.13. The molecule has 5 aromatic rings. The Bertz CT molecular complexity index is 1630. The molecule has 8 nitrogen and oxygen atoms in total. The van der Waals surface area contributed by atoms with E-state index in [4.69, 9.17) is 28.2 Å². The number of hydrogen-bond donors (Lipinski definition) is 2. The number of nitro benzene ring substituents is 1. The number of carbonyl (C=O) groups excluding carboxylic acids is 1. The highest BCUT2D eigenvalue weighted by Gasteiger charge is 2.14. The predicted octanol–water partition coefficient (Wildman–Crippen LogP) is 6.34. The summed E-state index contributed by atoms with van der Waals surface area (Å²) in [4.78, 5) is 27.2. The molecular formula is C25H15ClN4O4S. The van der Waals surface area contributed by atoms with Gasteiger partial charge in [-0.25, -0.2) is 4.98 Å². The molecule has 1 heterocycles. The second-order valence-electron chi connectivity index (χ2n) is 7.55. The van der Waals surface area contributed by atoms with E-state index in [1.165, 1.54) is 24.3 Å². The summed E-state index contributed by atoms with van der Waals surface area (Å²) in [6.45, 7) is 0.